The van der Waals surface area contributed by atoms with Gasteiger partial charge in [-0.3, -0.25) is 10.1 Å². The average molecular weight is 331 g/mol. The van der Waals surface area contributed by atoms with Gasteiger partial charge in [0.2, 0.25) is 11.6 Å². The summed E-state index contributed by atoms with van der Waals surface area (Å²) in [5, 5.41) is 11.4. The predicted molar refractivity (Wildman–Crippen MR) is 78.4 cm³/mol. The van der Waals surface area contributed by atoms with Crippen LogP contribution in [-0.4, -0.2) is 42.3 Å². The summed E-state index contributed by atoms with van der Waals surface area (Å²) >= 11 is 5.90. The van der Waals surface area contributed by atoms with E-state index in [0.717, 1.165) is 0 Å². The number of amides is 1. The van der Waals surface area contributed by atoms with Crippen LogP contribution in [0.4, 0.5) is 16.3 Å². The first kappa shape index (κ1) is 16.1. The van der Waals surface area contributed by atoms with Crippen LogP contribution in [0.2, 0.25) is 5.15 Å². The number of methoxy groups -OCH3 is 1. The number of anilines is 1. The van der Waals surface area contributed by atoms with Crippen molar-refractivity contribution >= 4 is 29.2 Å². The van der Waals surface area contributed by atoms with E-state index in [1.807, 2.05) is 0 Å². The van der Waals surface area contributed by atoms with Crippen molar-refractivity contribution in [2.75, 3.05) is 25.1 Å². The molecular weight excluding hydrogens is 316 g/mol. The zero-order chi connectivity index (χ0) is 16.3. The molecule has 1 amide bonds. The van der Waals surface area contributed by atoms with Crippen LogP contribution >= 0.6 is 11.6 Å². The largest absolute Gasteiger partial charge is 0.490 e. The number of nitrogens with two attached hydrogens (primary N) is 1. The Labute approximate surface area is 131 Å². The summed E-state index contributed by atoms with van der Waals surface area (Å²) in [6.45, 7) is 0.852. The number of nitrogens with zero attached hydrogens (tertiary/aromatic N) is 3. The molecule has 2 rings (SSSR count). The highest BCUT2D eigenvalue weighted by molar-refractivity contribution is 6.29. The van der Waals surface area contributed by atoms with E-state index in [1.165, 1.54) is 13.2 Å². The molecule has 1 aliphatic rings. The van der Waals surface area contributed by atoms with Gasteiger partial charge in [-0.15, -0.1) is 0 Å². The second-order valence-electron chi connectivity index (χ2n) is 4.70. The summed E-state index contributed by atoms with van der Waals surface area (Å²) in [7, 11) is 1.33. The third kappa shape index (κ3) is 3.48. The monoisotopic (exact) mass is 330 g/mol. The van der Waals surface area contributed by atoms with Crippen LogP contribution < -0.4 is 15.4 Å². The Kier molecular flexibility index (Phi) is 4.86. The molecular formula is C12H15ClN4O5. The number of piperidine rings is 1. The molecule has 1 aromatic heterocycles. The second-order valence-corrected chi connectivity index (χ2v) is 5.09. The minimum Gasteiger partial charge on any atom is -0.490 e. The Bertz CT molecular complexity index is 589. The van der Waals surface area contributed by atoms with E-state index in [9.17, 15) is 14.9 Å². The third-order valence-electron chi connectivity index (χ3n) is 3.33. The highest BCUT2D eigenvalue weighted by Gasteiger charge is 2.31. The summed E-state index contributed by atoms with van der Waals surface area (Å²) in [4.78, 5) is 27.3. The van der Waals surface area contributed by atoms with Crippen LogP contribution in [0.1, 0.15) is 12.8 Å². The van der Waals surface area contributed by atoms with Crippen LogP contribution in [0.5, 0.6) is 5.75 Å². The van der Waals surface area contributed by atoms with Crippen LogP contribution in [-0.2, 0) is 4.74 Å². The molecule has 1 fully saturated rings. The summed E-state index contributed by atoms with van der Waals surface area (Å²) in [5.74, 6) is 0.197. The van der Waals surface area contributed by atoms with Gasteiger partial charge in [-0.1, -0.05) is 11.6 Å². The number of ether oxygens (including phenoxy) is 2. The van der Waals surface area contributed by atoms with Gasteiger partial charge in [-0.2, -0.15) is 0 Å². The number of aromatic nitrogens is 1. The zero-order valence-corrected chi connectivity index (χ0v) is 12.6. The van der Waals surface area contributed by atoms with Gasteiger partial charge in [0.25, 0.3) is 0 Å². The maximum absolute atomic E-state index is 11.3. The lowest BCUT2D eigenvalue weighted by molar-refractivity contribution is -0.385. The van der Waals surface area contributed by atoms with E-state index in [2.05, 4.69) is 4.98 Å². The quantitative estimate of drug-likeness (QED) is 0.506. The predicted octanol–water partition coefficient (Wildman–Crippen LogP) is 1.72. The van der Waals surface area contributed by atoms with Crippen LogP contribution in [0.15, 0.2) is 6.07 Å². The summed E-state index contributed by atoms with van der Waals surface area (Å²) in [6.07, 6.45) is -0.131. The molecule has 0 bridgehead atoms. The number of hydrogen-bond acceptors (Lipinski definition) is 7. The molecule has 1 aliphatic heterocycles. The van der Waals surface area contributed by atoms with Crippen LogP contribution in [0.3, 0.4) is 0 Å². The normalized spacial score (nSPS) is 15.5. The topological polar surface area (TPSA) is 121 Å². The zero-order valence-electron chi connectivity index (χ0n) is 11.8. The molecule has 0 aliphatic carbocycles. The van der Waals surface area contributed by atoms with Crippen molar-refractivity contribution in [2.45, 2.75) is 18.9 Å². The molecule has 0 saturated carbocycles. The fourth-order valence-electron chi connectivity index (χ4n) is 2.37. The summed E-state index contributed by atoms with van der Waals surface area (Å²) < 4.78 is 9.94. The van der Waals surface area contributed by atoms with Crippen molar-refractivity contribution in [3.05, 3.63) is 21.3 Å². The van der Waals surface area contributed by atoms with Gasteiger partial charge in [0, 0.05) is 32.0 Å². The highest BCUT2D eigenvalue weighted by atomic mass is 35.5. The van der Waals surface area contributed by atoms with Crippen molar-refractivity contribution in [1.29, 1.82) is 0 Å². The molecule has 10 heteroatoms. The van der Waals surface area contributed by atoms with Crippen molar-refractivity contribution < 1.29 is 19.2 Å². The summed E-state index contributed by atoms with van der Waals surface area (Å²) in [6, 6.07) is 1.30. The number of primary amides is 1. The number of carbonyl (C=O) groups is 1. The number of nitro groups is 1. The Morgan fingerprint density at radius 2 is 2.18 bits per heavy atom. The Hall–Kier alpha value is -2.29. The molecule has 0 spiro atoms. The molecule has 1 aromatic rings. The molecule has 120 valence electrons. The van der Waals surface area contributed by atoms with E-state index in [-0.39, 0.29) is 28.5 Å². The Morgan fingerprint density at radius 1 is 1.55 bits per heavy atom. The van der Waals surface area contributed by atoms with Crippen molar-refractivity contribution in [3.63, 3.8) is 0 Å². The van der Waals surface area contributed by atoms with Gasteiger partial charge in [-0.25, -0.2) is 9.78 Å². The van der Waals surface area contributed by atoms with E-state index >= 15 is 0 Å². The molecule has 0 radical (unpaired) electrons. The molecule has 0 unspecified atom stereocenters. The molecule has 22 heavy (non-hydrogen) atoms. The van der Waals surface area contributed by atoms with Crippen molar-refractivity contribution in [2.24, 2.45) is 5.73 Å². The van der Waals surface area contributed by atoms with Crippen LogP contribution in [0.25, 0.3) is 0 Å². The SMILES string of the molecule is COc1cc(Cl)nc(N2CCC(OC(N)=O)CC2)c1[N+](=O)[O-]. The molecule has 0 atom stereocenters. The smallest absolute Gasteiger partial charge is 0.404 e. The minimum absolute atomic E-state index is 0.0514. The van der Waals surface area contributed by atoms with E-state index < -0.39 is 11.0 Å². The van der Waals surface area contributed by atoms with Crippen molar-refractivity contribution in [3.8, 4) is 5.75 Å². The highest BCUT2D eigenvalue weighted by Crippen LogP contribution is 2.38. The first-order valence-corrected chi connectivity index (χ1v) is 6.90. The standard InChI is InChI=1S/C12H15ClN4O5/c1-21-8-6-9(13)15-11(10(8)17(19)20)16-4-2-7(3-5-16)22-12(14)18/h6-7H,2-5H2,1H3,(H2,14,18). The molecule has 2 heterocycles. The molecule has 9 nitrogen and oxygen atoms in total. The Balaban J connectivity index is 2.24. The first-order valence-electron chi connectivity index (χ1n) is 6.52. The van der Waals surface area contributed by atoms with Gasteiger partial charge in [0.05, 0.1) is 12.0 Å². The van der Waals surface area contributed by atoms with E-state index in [4.69, 9.17) is 26.8 Å². The lowest BCUT2D eigenvalue weighted by Crippen LogP contribution is -2.39. The number of hydrogen-bond donors (Lipinski definition) is 1. The maximum atomic E-state index is 11.3. The van der Waals surface area contributed by atoms with Gasteiger partial charge in [0.1, 0.15) is 11.3 Å². The fraction of sp³-hybridized carbons (Fsp3) is 0.500. The molecule has 2 N–H and O–H groups in total. The molecule has 0 aromatic carbocycles. The van der Waals surface area contributed by atoms with E-state index in [0.29, 0.717) is 25.9 Å². The number of halogens is 1. The fourth-order valence-corrected chi connectivity index (χ4v) is 2.55. The number of rotatable bonds is 4. The van der Waals surface area contributed by atoms with Crippen LogP contribution in [0, 0.1) is 10.1 Å². The van der Waals surface area contributed by atoms with Crippen molar-refractivity contribution in [1.82, 2.24) is 4.98 Å². The van der Waals surface area contributed by atoms with Gasteiger partial charge in [0.15, 0.2) is 0 Å². The Morgan fingerprint density at radius 3 is 2.68 bits per heavy atom. The number of pyridine rings is 1. The number of carbonyl (C=O) groups excluding carboxylic acids is 1. The first-order chi connectivity index (χ1) is 10.4. The van der Waals surface area contributed by atoms with Gasteiger partial charge >= 0.3 is 11.8 Å². The second kappa shape index (κ2) is 6.65. The van der Waals surface area contributed by atoms with Gasteiger partial charge < -0.3 is 20.1 Å². The lowest BCUT2D eigenvalue weighted by Gasteiger charge is -2.31. The maximum Gasteiger partial charge on any atom is 0.404 e. The minimum atomic E-state index is -0.827. The third-order valence-corrected chi connectivity index (χ3v) is 3.53. The van der Waals surface area contributed by atoms with E-state index in [1.54, 1.807) is 4.90 Å². The lowest BCUT2D eigenvalue weighted by atomic mass is 10.1. The summed E-state index contributed by atoms with van der Waals surface area (Å²) in [5.41, 5.74) is 4.75. The average Bonchev–Trinajstić information content (AvgIpc) is 2.46. The van der Waals surface area contributed by atoms with Gasteiger partial charge in [-0.05, 0) is 0 Å². The molecule has 1 saturated heterocycles.